The molecular weight excluding hydrogens is 274 g/mol. The molecule has 112 valence electrons. The van der Waals surface area contributed by atoms with Gasteiger partial charge < -0.3 is 4.74 Å². The van der Waals surface area contributed by atoms with Gasteiger partial charge in [0.15, 0.2) is 0 Å². The number of benzene rings is 1. The average Bonchev–Trinajstić information content (AvgIpc) is 2.74. The number of fused-ring (bicyclic) bond motifs is 1. The van der Waals surface area contributed by atoms with Gasteiger partial charge in [0.2, 0.25) is 10.0 Å². The van der Waals surface area contributed by atoms with Crippen molar-refractivity contribution < 1.29 is 13.2 Å². The molecule has 0 atom stereocenters. The molecule has 0 aliphatic heterocycles. The molecule has 0 saturated heterocycles. The van der Waals surface area contributed by atoms with Crippen molar-refractivity contribution in [2.75, 3.05) is 19.4 Å². The third-order valence-corrected chi connectivity index (χ3v) is 5.43. The molecule has 0 radical (unpaired) electrons. The van der Waals surface area contributed by atoms with Crippen LogP contribution >= 0.6 is 0 Å². The van der Waals surface area contributed by atoms with Crippen LogP contribution in [0.1, 0.15) is 25.0 Å². The highest BCUT2D eigenvalue weighted by Crippen LogP contribution is 2.32. The van der Waals surface area contributed by atoms with Crippen LogP contribution in [0.2, 0.25) is 0 Å². The van der Waals surface area contributed by atoms with Gasteiger partial charge >= 0.3 is 0 Å². The highest BCUT2D eigenvalue weighted by atomic mass is 32.2. The van der Waals surface area contributed by atoms with Gasteiger partial charge in [-0.3, -0.25) is 0 Å². The van der Waals surface area contributed by atoms with Crippen molar-refractivity contribution in [3.8, 4) is 0 Å². The summed E-state index contributed by atoms with van der Waals surface area (Å²) < 4.78 is 32.3. The minimum absolute atomic E-state index is 0.117. The monoisotopic (exact) mass is 297 g/mol. The van der Waals surface area contributed by atoms with Crippen molar-refractivity contribution in [2.45, 2.75) is 32.3 Å². The second-order valence-corrected chi connectivity index (χ2v) is 7.86. The number of hydrogen-bond donors (Lipinski definition) is 1. The molecule has 0 unspecified atom stereocenters. The summed E-state index contributed by atoms with van der Waals surface area (Å²) in [5.74, 6) is 0.270. The standard InChI is InChI=1S/C15H23NO3S/c1-12(2)10-20(17,18)16-11-15(19-3)8-13-6-4-5-7-14(13)9-15/h4-7,12,16H,8-11H2,1-3H3. The number of rotatable bonds is 6. The zero-order chi connectivity index (χ0) is 14.8. The van der Waals surface area contributed by atoms with E-state index in [1.165, 1.54) is 11.1 Å². The molecule has 1 aliphatic carbocycles. The molecule has 0 amide bonds. The van der Waals surface area contributed by atoms with Gasteiger partial charge in [-0.2, -0.15) is 0 Å². The predicted molar refractivity (Wildman–Crippen MR) is 80.2 cm³/mol. The van der Waals surface area contributed by atoms with Gasteiger partial charge in [-0.25, -0.2) is 13.1 Å². The van der Waals surface area contributed by atoms with Crippen molar-refractivity contribution in [3.05, 3.63) is 35.4 Å². The summed E-state index contributed by atoms with van der Waals surface area (Å²) in [4.78, 5) is 0. The van der Waals surface area contributed by atoms with Crippen LogP contribution in [0.15, 0.2) is 24.3 Å². The molecule has 4 nitrogen and oxygen atoms in total. The van der Waals surface area contributed by atoms with Gasteiger partial charge in [0.25, 0.3) is 0 Å². The molecule has 1 aromatic carbocycles. The summed E-state index contributed by atoms with van der Waals surface area (Å²) in [7, 11) is -1.58. The molecule has 1 aliphatic rings. The third-order valence-electron chi connectivity index (χ3n) is 3.74. The first kappa shape index (κ1) is 15.5. The van der Waals surface area contributed by atoms with Crippen molar-refractivity contribution in [3.63, 3.8) is 0 Å². The molecule has 0 bridgehead atoms. The summed E-state index contributed by atoms with van der Waals surface area (Å²) in [5.41, 5.74) is 2.04. The molecule has 0 spiro atoms. The minimum atomic E-state index is -3.23. The molecule has 1 N–H and O–H groups in total. The summed E-state index contributed by atoms with van der Waals surface area (Å²) in [6.07, 6.45) is 1.51. The van der Waals surface area contributed by atoms with Crippen LogP contribution in [0.5, 0.6) is 0 Å². The SMILES string of the molecule is COC1(CNS(=O)(=O)CC(C)C)Cc2ccccc2C1. The predicted octanol–water partition coefficient (Wildman–Crippen LogP) is 1.75. The van der Waals surface area contributed by atoms with Crippen LogP contribution in [-0.2, 0) is 27.6 Å². The van der Waals surface area contributed by atoms with Crippen molar-refractivity contribution in [1.82, 2.24) is 4.72 Å². The Kier molecular flexibility index (Phi) is 4.52. The Balaban J connectivity index is 2.05. The highest BCUT2D eigenvalue weighted by Gasteiger charge is 2.38. The number of nitrogens with one attached hydrogen (secondary N) is 1. The fourth-order valence-corrected chi connectivity index (χ4v) is 4.22. The summed E-state index contributed by atoms with van der Waals surface area (Å²) in [6, 6.07) is 8.18. The Hall–Kier alpha value is -0.910. The number of methoxy groups -OCH3 is 1. The fourth-order valence-electron chi connectivity index (χ4n) is 2.74. The summed E-state index contributed by atoms with van der Waals surface area (Å²) in [6.45, 7) is 4.13. The minimum Gasteiger partial charge on any atom is -0.376 e. The van der Waals surface area contributed by atoms with E-state index in [1.807, 2.05) is 26.0 Å². The van der Waals surface area contributed by atoms with Crippen molar-refractivity contribution in [1.29, 1.82) is 0 Å². The third kappa shape index (κ3) is 3.59. The molecule has 0 saturated carbocycles. The Bertz CT molecular complexity index is 541. The van der Waals surface area contributed by atoms with Gasteiger partial charge in [-0.15, -0.1) is 0 Å². The Labute approximate surface area is 121 Å². The van der Waals surface area contributed by atoms with Crippen LogP contribution < -0.4 is 4.72 Å². The zero-order valence-electron chi connectivity index (χ0n) is 12.3. The van der Waals surface area contributed by atoms with E-state index in [-0.39, 0.29) is 11.7 Å². The first-order valence-electron chi connectivity index (χ1n) is 6.95. The van der Waals surface area contributed by atoms with E-state index >= 15 is 0 Å². The first-order valence-corrected chi connectivity index (χ1v) is 8.60. The average molecular weight is 297 g/mol. The second kappa shape index (κ2) is 5.84. The van der Waals surface area contributed by atoms with E-state index in [4.69, 9.17) is 4.74 Å². The lowest BCUT2D eigenvalue weighted by Gasteiger charge is -2.27. The van der Waals surface area contributed by atoms with Crippen LogP contribution in [-0.4, -0.2) is 33.4 Å². The molecule has 0 fully saturated rings. The largest absolute Gasteiger partial charge is 0.376 e. The van der Waals surface area contributed by atoms with E-state index in [2.05, 4.69) is 16.9 Å². The zero-order valence-corrected chi connectivity index (χ0v) is 13.2. The maximum absolute atomic E-state index is 12.0. The van der Waals surface area contributed by atoms with E-state index in [0.29, 0.717) is 6.54 Å². The van der Waals surface area contributed by atoms with Crippen LogP contribution in [0, 0.1) is 5.92 Å². The van der Waals surface area contributed by atoms with Crippen LogP contribution in [0.4, 0.5) is 0 Å². The lowest BCUT2D eigenvalue weighted by molar-refractivity contribution is 0.00377. The smallest absolute Gasteiger partial charge is 0.211 e. The highest BCUT2D eigenvalue weighted by molar-refractivity contribution is 7.89. The van der Waals surface area contributed by atoms with Gasteiger partial charge in [0.05, 0.1) is 11.4 Å². The lowest BCUT2D eigenvalue weighted by atomic mass is 10.0. The first-order chi connectivity index (χ1) is 9.36. The van der Waals surface area contributed by atoms with Crippen LogP contribution in [0.3, 0.4) is 0 Å². The number of hydrogen-bond acceptors (Lipinski definition) is 3. The molecule has 2 rings (SSSR count). The van der Waals surface area contributed by atoms with E-state index in [9.17, 15) is 8.42 Å². The summed E-state index contributed by atoms with van der Waals surface area (Å²) in [5, 5.41) is 0. The molecule has 5 heteroatoms. The van der Waals surface area contributed by atoms with Crippen molar-refractivity contribution >= 4 is 10.0 Å². The maximum atomic E-state index is 12.0. The molecular formula is C15H23NO3S. The Morgan fingerprint density at radius 2 is 1.80 bits per heavy atom. The number of sulfonamides is 1. The van der Waals surface area contributed by atoms with Gasteiger partial charge in [0, 0.05) is 26.5 Å². The van der Waals surface area contributed by atoms with Gasteiger partial charge in [-0.05, 0) is 17.0 Å². The maximum Gasteiger partial charge on any atom is 0.211 e. The molecule has 1 aromatic rings. The van der Waals surface area contributed by atoms with Crippen LogP contribution in [0.25, 0.3) is 0 Å². The van der Waals surface area contributed by atoms with Gasteiger partial charge in [0.1, 0.15) is 0 Å². The van der Waals surface area contributed by atoms with E-state index in [0.717, 1.165) is 12.8 Å². The molecule has 20 heavy (non-hydrogen) atoms. The molecule has 0 aromatic heterocycles. The Morgan fingerprint density at radius 3 is 2.25 bits per heavy atom. The van der Waals surface area contributed by atoms with E-state index < -0.39 is 15.6 Å². The fraction of sp³-hybridized carbons (Fsp3) is 0.600. The van der Waals surface area contributed by atoms with Gasteiger partial charge in [-0.1, -0.05) is 38.1 Å². The molecule has 0 heterocycles. The van der Waals surface area contributed by atoms with Crippen molar-refractivity contribution in [2.24, 2.45) is 5.92 Å². The topological polar surface area (TPSA) is 55.4 Å². The lowest BCUT2D eigenvalue weighted by Crippen LogP contribution is -2.46. The summed E-state index contributed by atoms with van der Waals surface area (Å²) >= 11 is 0. The quantitative estimate of drug-likeness (QED) is 0.870. The Morgan fingerprint density at radius 1 is 1.25 bits per heavy atom. The normalized spacial score (nSPS) is 17.4. The number of ether oxygens (including phenoxy) is 1. The second-order valence-electron chi connectivity index (χ2n) is 6.01. The van der Waals surface area contributed by atoms with E-state index in [1.54, 1.807) is 7.11 Å².